The van der Waals surface area contributed by atoms with Crippen molar-refractivity contribution in [2.24, 2.45) is 16.7 Å². The Morgan fingerprint density at radius 2 is 1.62 bits per heavy atom. The largest absolute Gasteiger partial charge is 0.507 e. The fourth-order valence-corrected chi connectivity index (χ4v) is 7.34. The Kier molecular flexibility index (Phi) is 6.97. The fraction of sp³-hybridized carbons (Fsp3) is 0.483. The monoisotopic (exact) mass is 604 g/mol. The van der Waals surface area contributed by atoms with Gasteiger partial charge in [0.2, 0.25) is 0 Å². The van der Waals surface area contributed by atoms with E-state index in [-0.39, 0.29) is 52.2 Å². The summed E-state index contributed by atoms with van der Waals surface area (Å²) in [5.41, 5.74) is -0.381. The van der Waals surface area contributed by atoms with Crippen LogP contribution >= 0.6 is 15.9 Å². The molecule has 0 bridgehead atoms. The van der Waals surface area contributed by atoms with E-state index in [1.165, 1.54) is 37.1 Å². The molecule has 208 valence electrons. The van der Waals surface area contributed by atoms with Crippen LogP contribution in [-0.4, -0.2) is 66.0 Å². The zero-order valence-electron chi connectivity index (χ0n) is 22.2. The van der Waals surface area contributed by atoms with Crippen LogP contribution in [0.15, 0.2) is 28.7 Å². The molecule has 1 aliphatic carbocycles. The molecule has 2 aromatic rings. The van der Waals surface area contributed by atoms with Crippen molar-refractivity contribution in [3.05, 3.63) is 62.6 Å². The number of halogens is 3. The van der Waals surface area contributed by atoms with Crippen molar-refractivity contribution in [3.63, 3.8) is 0 Å². The summed E-state index contributed by atoms with van der Waals surface area (Å²) >= 11 is 3.42. The second kappa shape index (κ2) is 9.87. The van der Waals surface area contributed by atoms with Crippen LogP contribution in [-0.2, 0) is 9.53 Å². The normalized spacial score (nSPS) is 23.7. The lowest BCUT2D eigenvalue weighted by atomic mass is 9.66. The first-order valence-electron chi connectivity index (χ1n) is 13.0. The molecular weight excluding hydrogens is 574 g/mol. The molecule has 5 rings (SSSR count). The van der Waals surface area contributed by atoms with Gasteiger partial charge in [0.1, 0.15) is 5.75 Å². The summed E-state index contributed by atoms with van der Waals surface area (Å²) in [7, 11) is 1.35. The van der Waals surface area contributed by atoms with Crippen LogP contribution in [0, 0.1) is 42.2 Å². The number of aromatic hydroxyl groups is 1. The van der Waals surface area contributed by atoms with Crippen LogP contribution in [0.5, 0.6) is 5.75 Å². The van der Waals surface area contributed by atoms with E-state index in [0.717, 1.165) is 12.0 Å². The summed E-state index contributed by atoms with van der Waals surface area (Å²) in [6.45, 7) is 4.44. The molecule has 0 aromatic heterocycles. The van der Waals surface area contributed by atoms with E-state index in [1.807, 2.05) is 6.92 Å². The van der Waals surface area contributed by atoms with Gasteiger partial charge in [0.15, 0.2) is 11.6 Å². The summed E-state index contributed by atoms with van der Waals surface area (Å²) in [4.78, 5) is 43.0. The maximum Gasteiger partial charge on any atom is 0.313 e. The Morgan fingerprint density at radius 1 is 0.949 bits per heavy atom. The molecule has 1 unspecified atom stereocenters. The highest BCUT2D eigenvalue weighted by Gasteiger charge is 2.65. The van der Waals surface area contributed by atoms with Gasteiger partial charge in [-0.1, -0.05) is 22.0 Å². The molecule has 39 heavy (non-hydrogen) atoms. The molecule has 1 N–H and O–H groups in total. The number of amides is 2. The molecule has 2 aromatic carbocycles. The molecule has 2 saturated heterocycles. The maximum absolute atomic E-state index is 14.5. The second-order valence-corrected chi connectivity index (χ2v) is 12.1. The number of aryl methyl sites for hydroxylation is 2. The number of ether oxygens (including phenoxy) is 1. The van der Waals surface area contributed by atoms with Crippen molar-refractivity contribution in [1.29, 1.82) is 0 Å². The second-order valence-electron chi connectivity index (χ2n) is 11.2. The van der Waals surface area contributed by atoms with Crippen LogP contribution in [0.3, 0.4) is 0 Å². The molecule has 1 spiro atoms. The summed E-state index contributed by atoms with van der Waals surface area (Å²) in [6, 6.07) is 5.84. The van der Waals surface area contributed by atoms with Crippen LogP contribution in [0.25, 0.3) is 0 Å². The number of esters is 1. The molecule has 2 atom stereocenters. The lowest BCUT2D eigenvalue weighted by Gasteiger charge is -2.44. The standard InChI is InChI=1S/C29H31BrF2N2O5/c1-16-4-5-18(24(32)23(16)31)25(36)33-10-8-28(9-11-33)6-7-29(27(38)39-3)15-34(14-22(28)29)26(37)19-13-20(30)17(2)12-21(19)35/h4-5,12-13,22,35H,6-11,14-15H2,1-3H3/t22-,29?/m0/s1. The molecular formula is C29H31BrF2N2O5. The smallest absolute Gasteiger partial charge is 0.313 e. The van der Waals surface area contributed by atoms with Crippen molar-refractivity contribution in [1.82, 2.24) is 9.80 Å². The van der Waals surface area contributed by atoms with Crippen molar-refractivity contribution in [2.75, 3.05) is 33.3 Å². The topological polar surface area (TPSA) is 87.2 Å². The summed E-state index contributed by atoms with van der Waals surface area (Å²) in [5, 5.41) is 10.5. The average Bonchev–Trinajstić information content (AvgIpc) is 3.46. The number of carbonyl (C=O) groups is 3. The molecule has 2 aliphatic heterocycles. The Bertz CT molecular complexity index is 1370. The van der Waals surface area contributed by atoms with E-state index in [0.29, 0.717) is 43.4 Å². The van der Waals surface area contributed by atoms with Gasteiger partial charge in [-0.05, 0) is 74.3 Å². The van der Waals surface area contributed by atoms with Gasteiger partial charge < -0.3 is 19.6 Å². The Balaban J connectivity index is 1.38. The zero-order chi connectivity index (χ0) is 28.3. The van der Waals surface area contributed by atoms with E-state index >= 15 is 0 Å². The van der Waals surface area contributed by atoms with Gasteiger partial charge in [-0.25, -0.2) is 8.78 Å². The Labute approximate surface area is 234 Å². The Morgan fingerprint density at radius 3 is 2.28 bits per heavy atom. The van der Waals surface area contributed by atoms with E-state index in [2.05, 4.69) is 15.9 Å². The predicted octanol–water partition coefficient (Wildman–Crippen LogP) is 5.00. The third kappa shape index (κ3) is 4.31. The molecule has 3 fully saturated rings. The number of phenolic OH excluding ortho intramolecular Hbond substituents is 1. The van der Waals surface area contributed by atoms with E-state index in [4.69, 9.17) is 4.74 Å². The zero-order valence-corrected chi connectivity index (χ0v) is 23.7. The number of rotatable bonds is 3. The first kappa shape index (κ1) is 27.6. The van der Waals surface area contributed by atoms with Gasteiger partial charge in [-0.15, -0.1) is 0 Å². The molecule has 1 saturated carbocycles. The fourth-order valence-electron chi connectivity index (χ4n) is 7.00. The van der Waals surface area contributed by atoms with Crippen LogP contribution in [0.4, 0.5) is 8.78 Å². The van der Waals surface area contributed by atoms with Crippen molar-refractivity contribution in [3.8, 4) is 5.75 Å². The van der Waals surface area contributed by atoms with Gasteiger partial charge in [0, 0.05) is 36.6 Å². The number of hydrogen-bond donors (Lipinski definition) is 1. The number of methoxy groups -OCH3 is 1. The minimum Gasteiger partial charge on any atom is -0.507 e. The summed E-state index contributed by atoms with van der Waals surface area (Å²) < 4.78 is 34.6. The molecule has 0 radical (unpaired) electrons. The number of piperidine rings is 1. The number of nitrogens with zero attached hydrogens (tertiary/aromatic N) is 2. The van der Waals surface area contributed by atoms with Gasteiger partial charge >= 0.3 is 5.97 Å². The van der Waals surface area contributed by atoms with Crippen LogP contribution in [0.2, 0.25) is 0 Å². The maximum atomic E-state index is 14.5. The minimum atomic E-state index is -1.14. The highest BCUT2D eigenvalue weighted by atomic mass is 79.9. The number of fused-ring (bicyclic) bond motifs is 2. The van der Waals surface area contributed by atoms with Crippen molar-refractivity contribution >= 4 is 33.7 Å². The van der Waals surface area contributed by atoms with Crippen molar-refractivity contribution in [2.45, 2.75) is 39.5 Å². The lowest BCUT2D eigenvalue weighted by Crippen LogP contribution is -2.48. The van der Waals surface area contributed by atoms with E-state index < -0.39 is 23.0 Å². The third-order valence-electron chi connectivity index (χ3n) is 9.29. The summed E-state index contributed by atoms with van der Waals surface area (Å²) in [5.74, 6) is -3.73. The Hall–Kier alpha value is -3.01. The first-order valence-corrected chi connectivity index (χ1v) is 13.8. The van der Waals surface area contributed by atoms with Gasteiger partial charge in [0.05, 0.1) is 23.7 Å². The third-order valence-corrected chi connectivity index (χ3v) is 10.1. The van der Waals surface area contributed by atoms with Crippen LogP contribution in [0.1, 0.15) is 57.5 Å². The SMILES string of the molecule is COC(=O)C12CCC3(CCN(C(=O)c4ccc(C)c(F)c4F)CC3)[C@@H]1CN(C(=O)c1cc(Br)c(C)cc1O)C2. The molecule has 2 heterocycles. The number of likely N-dealkylation sites (tertiary alicyclic amines) is 2. The van der Waals surface area contributed by atoms with Gasteiger partial charge in [-0.3, -0.25) is 14.4 Å². The van der Waals surface area contributed by atoms with E-state index in [1.54, 1.807) is 11.0 Å². The summed E-state index contributed by atoms with van der Waals surface area (Å²) in [6.07, 6.45) is 2.43. The molecule has 3 aliphatic rings. The van der Waals surface area contributed by atoms with E-state index in [9.17, 15) is 28.3 Å². The highest BCUT2D eigenvalue weighted by molar-refractivity contribution is 9.10. The van der Waals surface area contributed by atoms with Gasteiger partial charge in [0.25, 0.3) is 11.8 Å². The molecule has 2 amide bonds. The minimum absolute atomic E-state index is 0.119. The number of phenols is 1. The molecule has 10 heteroatoms. The number of carbonyl (C=O) groups excluding carboxylic acids is 3. The predicted molar refractivity (Wildman–Crippen MR) is 142 cm³/mol. The van der Waals surface area contributed by atoms with Crippen molar-refractivity contribution < 1.29 is 33.0 Å². The average molecular weight is 605 g/mol. The quantitative estimate of drug-likeness (QED) is 0.498. The highest BCUT2D eigenvalue weighted by Crippen LogP contribution is 2.62. The van der Waals surface area contributed by atoms with Gasteiger partial charge in [-0.2, -0.15) is 0 Å². The molecule has 7 nitrogen and oxygen atoms in total. The number of benzene rings is 2. The lowest BCUT2D eigenvalue weighted by molar-refractivity contribution is -0.154. The first-order chi connectivity index (χ1) is 18.4. The van der Waals surface area contributed by atoms with Crippen LogP contribution < -0.4 is 0 Å². The number of hydrogen-bond acceptors (Lipinski definition) is 5.